The summed E-state index contributed by atoms with van der Waals surface area (Å²) in [6.45, 7) is 1.46. The number of nitrogens with zero attached hydrogens (tertiary/aromatic N) is 1. The van der Waals surface area contributed by atoms with Gasteiger partial charge in [-0.05, 0) is 48.4 Å². The van der Waals surface area contributed by atoms with Gasteiger partial charge in [0.2, 0.25) is 5.91 Å². The lowest BCUT2D eigenvalue weighted by Gasteiger charge is -2.05. The third kappa shape index (κ3) is 5.20. The van der Waals surface area contributed by atoms with Crippen LogP contribution in [0.1, 0.15) is 26.4 Å². The Kier molecular flexibility index (Phi) is 6.10. The van der Waals surface area contributed by atoms with Crippen LogP contribution >= 0.6 is 11.3 Å². The number of carbonyl (C=O) groups is 2. The maximum absolute atomic E-state index is 13.6. The molecule has 3 aromatic rings. The van der Waals surface area contributed by atoms with Gasteiger partial charge >= 0.3 is 0 Å². The van der Waals surface area contributed by atoms with Crippen LogP contribution in [-0.2, 0) is 11.2 Å². The van der Waals surface area contributed by atoms with E-state index >= 15 is 0 Å². The normalized spacial score (nSPS) is 10.5. The van der Waals surface area contributed by atoms with Crippen molar-refractivity contribution in [3.05, 3.63) is 81.9 Å². The first-order valence-corrected chi connectivity index (χ1v) is 9.26. The third-order valence-electron chi connectivity index (χ3n) is 3.93. The second-order valence-corrected chi connectivity index (χ2v) is 7.24. The summed E-state index contributed by atoms with van der Waals surface area (Å²) in [4.78, 5) is 28.9. The molecule has 5 nitrogen and oxygen atoms in total. The minimum absolute atomic E-state index is 0.242. The van der Waals surface area contributed by atoms with Crippen molar-refractivity contribution in [2.45, 2.75) is 13.3 Å². The molecule has 0 aliphatic carbocycles. The number of thiazole rings is 1. The zero-order valence-electron chi connectivity index (χ0n) is 15.0. The molecule has 28 heavy (non-hydrogen) atoms. The summed E-state index contributed by atoms with van der Waals surface area (Å²) in [5.74, 6) is -1.61. The second-order valence-electron chi connectivity index (χ2n) is 6.13. The van der Waals surface area contributed by atoms with Crippen LogP contribution in [0.15, 0.2) is 48.7 Å². The van der Waals surface area contributed by atoms with E-state index in [1.165, 1.54) is 41.7 Å². The highest BCUT2D eigenvalue weighted by Crippen LogP contribution is 2.22. The molecule has 3 rings (SSSR count). The van der Waals surface area contributed by atoms with E-state index in [0.717, 1.165) is 10.4 Å². The maximum Gasteiger partial charge on any atom is 0.251 e. The summed E-state index contributed by atoms with van der Waals surface area (Å²) in [5.41, 5.74) is 1.66. The number of aryl methyl sites for hydroxylation is 1. The molecule has 1 aromatic heterocycles. The van der Waals surface area contributed by atoms with E-state index in [-0.39, 0.29) is 17.9 Å². The van der Waals surface area contributed by atoms with Crippen LogP contribution in [0.4, 0.5) is 13.9 Å². The SMILES string of the molecule is Cc1ccc(Cc2cnc(NC(=O)CNC(=O)c3ccc(F)cc3)s2)cc1F. The van der Waals surface area contributed by atoms with Crippen molar-refractivity contribution in [1.29, 1.82) is 0 Å². The van der Waals surface area contributed by atoms with E-state index < -0.39 is 17.6 Å². The van der Waals surface area contributed by atoms with E-state index in [4.69, 9.17) is 0 Å². The second kappa shape index (κ2) is 8.71. The molecule has 8 heteroatoms. The van der Waals surface area contributed by atoms with Crippen molar-refractivity contribution in [3.63, 3.8) is 0 Å². The highest BCUT2D eigenvalue weighted by Gasteiger charge is 2.11. The number of amides is 2. The number of benzene rings is 2. The molecule has 0 atom stereocenters. The average molecular weight is 401 g/mol. The summed E-state index contributed by atoms with van der Waals surface area (Å²) in [6, 6.07) is 10.1. The van der Waals surface area contributed by atoms with Gasteiger partial charge in [0.25, 0.3) is 5.91 Å². The molecular weight excluding hydrogens is 384 g/mol. The fourth-order valence-corrected chi connectivity index (χ4v) is 3.28. The Morgan fingerprint density at radius 1 is 1.11 bits per heavy atom. The molecule has 144 valence electrons. The maximum atomic E-state index is 13.6. The quantitative estimate of drug-likeness (QED) is 0.662. The van der Waals surface area contributed by atoms with Crippen LogP contribution in [0.5, 0.6) is 0 Å². The number of halogens is 2. The molecule has 0 spiro atoms. The van der Waals surface area contributed by atoms with Crippen molar-refractivity contribution >= 4 is 28.3 Å². The van der Waals surface area contributed by atoms with Gasteiger partial charge in [-0.3, -0.25) is 9.59 Å². The van der Waals surface area contributed by atoms with E-state index in [1.54, 1.807) is 19.2 Å². The lowest BCUT2D eigenvalue weighted by molar-refractivity contribution is -0.115. The van der Waals surface area contributed by atoms with Crippen LogP contribution < -0.4 is 10.6 Å². The molecule has 2 aromatic carbocycles. The Labute approximate surface area is 164 Å². The van der Waals surface area contributed by atoms with Crippen molar-refractivity contribution < 1.29 is 18.4 Å². The average Bonchev–Trinajstić information content (AvgIpc) is 3.10. The highest BCUT2D eigenvalue weighted by atomic mass is 32.1. The first-order valence-electron chi connectivity index (χ1n) is 8.44. The number of nitrogens with one attached hydrogen (secondary N) is 2. The molecule has 0 aliphatic rings. The zero-order chi connectivity index (χ0) is 20.1. The van der Waals surface area contributed by atoms with Gasteiger partial charge in [0.1, 0.15) is 11.6 Å². The van der Waals surface area contributed by atoms with Crippen LogP contribution in [0.2, 0.25) is 0 Å². The van der Waals surface area contributed by atoms with Crippen LogP contribution in [0.25, 0.3) is 0 Å². The Balaban J connectivity index is 1.51. The molecule has 0 saturated heterocycles. The topological polar surface area (TPSA) is 71.1 Å². The minimum Gasteiger partial charge on any atom is -0.343 e. The molecule has 0 unspecified atom stereocenters. The molecule has 0 saturated carbocycles. The third-order valence-corrected chi connectivity index (χ3v) is 4.84. The Bertz CT molecular complexity index is 1000. The fourth-order valence-electron chi connectivity index (χ4n) is 2.42. The molecule has 0 aliphatic heterocycles. The van der Waals surface area contributed by atoms with Crippen molar-refractivity contribution in [3.8, 4) is 0 Å². The summed E-state index contributed by atoms with van der Waals surface area (Å²) in [6.07, 6.45) is 2.13. The van der Waals surface area contributed by atoms with Crippen molar-refractivity contribution in [2.24, 2.45) is 0 Å². The van der Waals surface area contributed by atoms with Gasteiger partial charge < -0.3 is 10.6 Å². The number of hydrogen-bond acceptors (Lipinski definition) is 4. The lowest BCUT2D eigenvalue weighted by Crippen LogP contribution is -2.32. The fraction of sp³-hybridized carbons (Fsp3) is 0.150. The summed E-state index contributed by atoms with van der Waals surface area (Å²) in [5, 5.41) is 5.45. The first kappa shape index (κ1) is 19.6. The Hall–Kier alpha value is -3.13. The zero-order valence-corrected chi connectivity index (χ0v) is 15.8. The first-order chi connectivity index (χ1) is 13.4. The number of rotatable bonds is 6. The number of hydrogen-bond donors (Lipinski definition) is 2. The molecule has 1 heterocycles. The van der Waals surface area contributed by atoms with Gasteiger partial charge in [-0.25, -0.2) is 13.8 Å². The molecule has 2 amide bonds. The van der Waals surface area contributed by atoms with Gasteiger partial charge in [-0.2, -0.15) is 0 Å². The summed E-state index contributed by atoms with van der Waals surface area (Å²) in [7, 11) is 0. The van der Waals surface area contributed by atoms with Gasteiger partial charge in [0.15, 0.2) is 5.13 Å². The van der Waals surface area contributed by atoms with E-state index in [9.17, 15) is 18.4 Å². The van der Waals surface area contributed by atoms with Crippen molar-refractivity contribution in [2.75, 3.05) is 11.9 Å². The molecule has 0 fully saturated rings. The largest absolute Gasteiger partial charge is 0.343 e. The van der Waals surface area contributed by atoms with Gasteiger partial charge in [-0.1, -0.05) is 12.1 Å². The number of carbonyl (C=O) groups excluding carboxylic acids is 2. The number of aromatic nitrogens is 1. The van der Waals surface area contributed by atoms with Gasteiger partial charge in [-0.15, -0.1) is 11.3 Å². The van der Waals surface area contributed by atoms with E-state index in [2.05, 4.69) is 15.6 Å². The molecule has 0 bridgehead atoms. The van der Waals surface area contributed by atoms with E-state index in [0.29, 0.717) is 17.1 Å². The lowest BCUT2D eigenvalue weighted by atomic mass is 10.1. The van der Waals surface area contributed by atoms with E-state index in [1.807, 2.05) is 6.07 Å². The molecule has 2 N–H and O–H groups in total. The van der Waals surface area contributed by atoms with Crippen molar-refractivity contribution in [1.82, 2.24) is 10.3 Å². The molecule has 0 radical (unpaired) electrons. The van der Waals surface area contributed by atoms with Gasteiger partial charge in [0, 0.05) is 23.1 Å². The predicted molar refractivity (Wildman–Crippen MR) is 103 cm³/mol. The monoisotopic (exact) mass is 401 g/mol. The van der Waals surface area contributed by atoms with Gasteiger partial charge in [0.05, 0.1) is 6.54 Å². The standard InChI is InChI=1S/C20H17F2N3O2S/c1-12-2-3-13(9-17(12)22)8-16-10-24-20(28-16)25-18(26)11-23-19(27)14-4-6-15(21)7-5-14/h2-7,9-10H,8,11H2,1H3,(H,23,27)(H,24,25,26). The minimum atomic E-state index is -0.476. The number of anilines is 1. The van der Waals surface area contributed by atoms with Crippen LogP contribution in [0, 0.1) is 18.6 Å². The summed E-state index contributed by atoms with van der Waals surface area (Å²) >= 11 is 1.28. The smallest absolute Gasteiger partial charge is 0.251 e. The molecular formula is C20H17F2N3O2S. The van der Waals surface area contributed by atoms with Crippen LogP contribution in [0.3, 0.4) is 0 Å². The Morgan fingerprint density at radius 2 is 1.86 bits per heavy atom. The summed E-state index contributed by atoms with van der Waals surface area (Å²) < 4.78 is 26.5. The Morgan fingerprint density at radius 3 is 2.57 bits per heavy atom. The highest BCUT2D eigenvalue weighted by molar-refractivity contribution is 7.15. The van der Waals surface area contributed by atoms with Crippen LogP contribution in [-0.4, -0.2) is 23.3 Å². The predicted octanol–water partition coefficient (Wildman–Crippen LogP) is 3.69.